The van der Waals surface area contributed by atoms with Gasteiger partial charge in [0.25, 0.3) is 0 Å². The maximum Gasteiger partial charge on any atom is 0.238 e. The van der Waals surface area contributed by atoms with Crippen molar-refractivity contribution in [3.05, 3.63) is 77.3 Å². The molecule has 0 unspecified atom stereocenters. The predicted octanol–water partition coefficient (Wildman–Crippen LogP) is 4.67. The van der Waals surface area contributed by atoms with Gasteiger partial charge in [-0.05, 0) is 42.0 Å². The van der Waals surface area contributed by atoms with Gasteiger partial charge in [-0.3, -0.25) is 4.79 Å². The Morgan fingerprint density at radius 2 is 1.92 bits per heavy atom. The Hall–Kier alpha value is -3.99. The van der Waals surface area contributed by atoms with Crippen molar-refractivity contribution in [1.29, 1.82) is 0 Å². The van der Waals surface area contributed by atoms with E-state index in [1.54, 1.807) is 49.6 Å². The molecule has 0 bridgehead atoms. The number of amides is 1. The smallest absolute Gasteiger partial charge is 0.238 e. The van der Waals surface area contributed by atoms with Gasteiger partial charge in [0.2, 0.25) is 5.91 Å². The van der Waals surface area contributed by atoms with Gasteiger partial charge in [-0.15, -0.1) is 0 Å². The number of nitrogens with one attached hydrogen (secondary N) is 2. The molecule has 192 valence electrons. The first-order valence-corrected chi connectivity index (χ1v) is 11.7. The van der Waals surface area contributed by atoms with Crippen LogP contribution in [0.3, 0.4) is 0 Å². The van der Waals surface area contributed by atoms with Gasteiger partial charge < -0.3 is 30.6 Å². The average Bonchev–Trinajstić information content (AvgIpc) is 2.89. The van der Waals surface area contributed by atoms with Crippen molar-refractivity contribution in [1.82, 2.24) is 9.97 Å². The van der Waals surface area contributed by atoms with E-state index in [4.69, 9.17) is 31.5 Å². The Labute approximate surface area is 217 Å². The van der Waals surface area contributed by atoms with Crippen LogP contribution in [0, 0.1) is 5.82 Å². The van der Waals surface area contributed by atoms with E-state index in [0.29, 0.717) is 56.8 Å². The van der Waals surface area contributed by atoms with Crippen LogP contribution in [-0.4, -0.2) is 42.7 Å². The minimum Gasteiger partial charge on any atom is -0.489 e. The highest BCUT2D eigenvalue weighted by Crippen LogP contribution is 2.35. The number of ether oxygens (including phenoxy) is 3. The number of nitrogens with two attached hydrogens (primary N) is 1. The minimum absolute atomic E-state index is 0.173. The maximum atomic E-state index is 13.4. The summed E-state index contributed by atoms with van der Waals surface area (Å²) in [4.78, 5) is 20.7. The summed E-state index contributed by atoms with van der Waals surface area (Å²) in [6.07, 6.45) is 1.42. The van der Waals surface area contributed by atoms with E-state index in [1.807, 2.05) is 0 Å². The van der Waals surface area contributed by atoms with Crippen molar-refractivity contribution in [2.24, 2.45) is 5.73 Å². The molecule has 0 aliphatic rings. The van der Waals surface area contributed by atoms with E-state index in [1.165, 1.54) is 18.5 Å². The lowest BCUT2D eigenvalue weighted by Crippen LogP contribution is -2.22. The summed E-state index contributed by atoms with van der Waals surface area (Å²) in [5.41, 5.74) is 7.83. The number of anilines is 3. The van der Waals surface area contributed by atoms with Crippen molar-refractivity contribution in [2.45, 2.75) is 6.61 Å². The fourth-order valence-electron chi connectivity index (χ4n) is 3.46. The number of carbonyl (C=O) groups excluding carboxylic acids is 1. The molecule has 4 N–H and O–H groups in total. The number of halogens is 2. The highest BCUT2D eigenvalue weighted by atomic mass is 35.5. The van der Waals surface area contributed by atoms with Gasteiger partial charge in [0, 0.05) is 24.2 Å². The second kappa shape index (κ2) is 12.3. The molecular formula is C26H25ClFN5O4. The topological polar surface area (TPSA) is 121 Å². The average molecular weight is 526 g/mol. The summed E-state index contributed by atoms with van der Waals surface area (Å²) in [5, 5.41) is 6.97. The van der Waals surface area contributed by atoms with Crippen LogP contribution < -0.4 is 25.8 Å². The van der Waals surface area contributed by atoms with Crippen molar-refractivity contribution in [3.63, 3.8) is 0 Å². The van der Waals surface area contributed by atoms with Crippen LogP contribution in [0.2, 0.25) is 5.02 Å². The number of methoxy groups -OCH3 is 1. The van der Waals surface area contributed by atoms with E-state index in [2.05, 4.69) is 20.6 Å². The lowest BCUT2D eigenvalue weighted by Gasteiger charge is -2.15. The quantitative estimate of drug-likeness (QED) is 0.242. The first kappa shape index (κ1) is 26.1. The lowest BCUT2D eigenvalue weighted by molar-refractivity contribution is -0.114. The normalized spacial score (nSPS) is 10.8. The molecule has 4 rings (SSSR count). The Morgan fingerprint density at radius 1 is 1.05 bits per heavy atom. The molecule has 0 aliphatic carbocycles. The van der Waals surface area contributed by atoms with Crippen LogP contribution in [0.5, 0.6) is 11.5 Å². The molecule has 1 aromatic heterocycles. The lowest BCUT2D eigenvalue weighted by atomic mass is 10.1. The van der Waals surface area contributed by atoms with E-state index in [-0.39, 0.29) is 31.5 Å². The van der Waals surface area contributed by atoms with Gasteiger partial charge in [-0.1, -0.05) is 23.7 Å². The number of rotatable bonds is 11. The van der Waals surface area contributed by atoms with Crippen LogP contribution in [0.25, 0.3) is 10.9 Å². The van der Waals surface area contributed by atoms with Crippen LogP contribution >= 0.6 is 11.6 Å². The first-order chi connectivity index (χ1) is 18.0. The zero-order valence-electron chi connectivity index (χ0n) is 20.0. The molecule has 0 spiro atoms. The summed E-state index contributed by atoms with van der Waals surface area (Å²) in [6, 6.07) is 14.8. The third kappa shape index (κ3) is 6.82. The summed E-state index contributed by atoms with van der Waals surface area (Å²) in [7, 11) is 1.57. The molecule has 0 aliphatic heterocycles. The number of nitrogens with zero attached hydrogens (tertiary/aromatic N) is 2. The third-order valence-corrected chi connectivity index (χ3v) is 5.51. The highest BCUT2D eigenvalue weighted by molar-refractivity contribution is 6.32. The van der Waals surface area contributed by atoms with Gasteiger partial charge in [0.1, 0.15) is 42.7 Å². The molecule has 1 heterocycles. The molecule has 37 heavy (non-hydrogen) atoms. The molecule has 1 amide bonds. The zero-order chi connectivity index (χ0) is 26.2. The number of hydrogen-bond donors (Lipinski definition) is 3. The number of carbonyl (C=O) groups is 1. The number of hydrogen-bond acceptors (Lipinski definition) is 8. The standard InChI is InChI=1S/C26H25ClFN5O4/c1-35-7-8-36-24-12-21-19(11-22(24)33-25(34)13-29)26(31-15-30-21)32-18-5-6-23(20(27)10-18)37-14-16-3-2-4-17(28)9-16/h2-6,9-12,15H,7-8,13-14,29H2,1H3,(H,33,34)(H,30,31,32). The highest BCUT2D eigenvalue weighted by Gasteiger charge is 2.14. The molecule has 0 fully saturated rings. The predicted molar refractivity (Wildman–Crippen MR) is 140 cm³/mol. The molecule has 0 saturated carbocycles. The van der Waals surface area contributed by atoms with Crippen LogP contribution in [0.15, 0.2) is 60.9 Å². The summed E-state index contributed by atoms with van der Waals surface area (Å²) in [5.74, 6) is 0.667. The van der Waals surface area contributed by atoms with E-state index in [0.717, 1.165) is 0 Å². The van der Waals surface area contributed by atoms with Crippen molar-refractivity contribution in [2.75, 3.05) is 37.5 Å². The SMILES string of the molecule is COCCOc1cc2ncnc(Nc3ccc(OCc4cccc(F)c4)c(Cl)c3)c2cc1NC(=O)CN. The van der Waals surface area contributed by atoms with Gasteiger partial charge in [-0.25, -0.2) is 14.4 Å². The monoisotopic (exact) mass is 525 g/mol. The Morgan fingerprint density at radius 3 is 2.68 bits per heavy atom. The minimum atomic E-state index is -0.372. The van der Waals surface area contributed by atoms with Gasteiger partial charge in [0.05, 0.1) is 29.4 Å². The summed E-state index contributed by atoms with van der Waals surface area (Å²) < 4.78 is 29.9. The number of aromatic nitrogens is 2. The van der Waals surface area contributed by atoms with E-state index in [9.17, 15) is 9.18 Å². The maximum absolute atomic E-state index is 13.4. The molecule has 0 atom stereocenters. The summed E-state index contributed by atoms with van der Waals surface area (Å²) in [6.45, 7) is 0.655. The molecule has 0 saturated heterocycles. The van der Waals surface area contributed by atoms with E-state index < -0.39 is 0 Å². The van der Waals surface area contributed by atoms with Crippen LogP contribution in [-0.2, 0) is 16.1 Å². The Kier molecular flexibility index (Phi) is 8.68. The first-order valence-electron chi connectivity index (χ1n) is 11.3. The largest absolute Gasteiger partial charge is 0.489 e. The van der Waals surface area contributed by atoms with Crippen molar-refractivity contribution in [3.8, 4) is 11.5 Å². The fraction of sp³-hybridized carbons (Fsp3) is 0.192. The number of benzene rings is 3. The molecule has 3 aromatic carbocycles. The van der Waals surface area contributed by atoms with Gasteiger partial charge in [-0.2, -0.15) is 0 Å². The molecule has 9 nitrogen and oxygen atoms in total. The van der Waals surface area contributed by atoms with Crippen LogP contribution in [0.1, 0.15) is 5.56 Å². The second-order valence-corrected chi connectivity index (χ2v) is 8.28. The summed E-state index contributed by atoms with van der Waals surface area (Å²) >= 11 is 6.43. The zero-order valence-corrected chi connectivity index (χ0v) is 20.7. The second-order valence-electron chi connectivity index (χ2n) is 7.87. The van der Waals surface area contributed by atoms with Crippen molar-refractivity contribution < 1.29 is 23.4 Å². The Balaban J connectivity index is 1.57. The molecule has 11 heteroatoms. The number of fused-ring (bicyclic) bond motifs is 1. The molecule has 4 aromatic rings. The third-order valence-electron chi connectivity index (χ3n) is 5.22. The van der Waals surface area contributed by atoms with E-state index >= 15 is 0 Å². The van der Waals surface area contributed by atoms with Gasteiger partial charge >= 0.3 is 0 Å². The Bertz CT molecular complexity index is 1410. The molecular weight excluding hydrogens is 501 g/mol. The van der Waals surface area contributed by atoms with Gasteiger partial charge in [0.15, 0.2) is 0 Å². The van der Waals surface area contributed by atoms with Crippen molar-refractivity contribution >= 4 is 45.6 Å². The fourth-order valence-corrected chi connectivity index (χ4v) is 3.69. The molecule has 0 radical (unpaired) electrons. The van der Waals surface area contributed by atoms with Crippen LogP contribution in [0.4, 0.5) is 21.6 Å².